The molecule has 1 aliphatic heterocycles. The van der Waals surface area contributed by atoms with Crippen molar-refractivity contribution in [3.8, 4) is 0 Å². The predicted molar refractivity (Wildman–Crippen MR) is 68.5 cm³/mol. The van der Waals surface area contributed by atoms with Gasteiger partial charge in [-0.15, -0.1) is 0 Å². The van der Waals surface area contributed by atoms with E-state index in [0.29, 0.717) is 12.1 Å². The van der Waals surface area contributed by atoms with E-state index in [2.05, 4.69) is 16.7 Å². The van der Waals surface area contributed by atoms with Crippen LogP contribution in [0.15, 0.2) is 0 Å². The number of hydrogen-bond acceptors (Lipinski definition) is 3. The van der Waals surface area contributed by atoms with Crippen molar-refractivity contribution in [1.82, 2.24) is 9.80 Å². The SMILES string of the molecule is CCCN1CCN(C2CCCCC2N)CC1. The number of hydrogen-bond donors (Lipinski definition) is 1. The van der Waals surface area contributed by atoms with E-state index < -0.39 is 0 Å². The van der Waals surface area contributed by atoms with Crippen molar-refractivity contribution in [2.45, 2.75) is 51.1 Å². The van der Waals surface area contributed by atoms with Gasteiger partial charge in [0.1, 0.15) is 0 Å². The second-order valence-electron chi connectivity index (χ2n) is 5.39. The molecule has 0 aromatic carbocycles. The van der Waals surface area contributed by atoms with Gasteiger partial charge in [0.05, 0.1) is 0 Å². The first kappa shape index (κ1) is 12.3. The zero-order valence-electron chi connectivity index (χ0n) is 10.7. The Morgan fingerprint density at radius 3 is 2.38 bits per heavy atom. The molecule has 1 heterocycles. The average Bonchev–Trinajstić information content (AvgIpc) is 2.31. The summed E-state index contributed by atoms with van der Waals surface area (Å²) in [6.45, 7) is 8.50. The minimum atomic E-state index is 0.437. The Labute approximate surface area is 100.0 Å². The topological polar surface area (TPSA) is 32.5 Å². The molecule has 0 spiro atoms. The summed E-state index contributed by atoms with van der Waals surface area (Å²) in [5.41, 5.74) is 6.25. The van der Waals surface area contributed by atoms with E-state index >= 15 is 0 Å². The summed E-state index contributed by atoms with van der Waals surface area (Å²) in [4.78, 5) is 5.24. The summed E-state index contributed by atoms with van der Waals surface area (Å²) in [7, 11) is 0. The van der Waals surface area contributed by atoms with Crippen molar-refractivity contribution in [2.24, 2.45) is 5.73 Å². The lowest BCUT2D eigenvalue weighted by Crippen LogP contribution is -2.56. The van der Waals surface area contributed by atoms with Gasteiger partial charge in [0.15, 0.2) is 0 Å². The van der Waals surface area contributed by atoms with Crippen molar-refractivity contribution in [2.75, 3.05) is 32.7 Å². The van der Waals surface area contributed by atoms with Crippen LogP contribution in [0, 0.1) is 0 Å². The van der Waals surface area contributed by atoms with Crippen molar-refractivity contribution >= 4 is 0 Å². The summed E-state index contributed by atoms with van der Waals surface area (Å²) >= 11 is 0. The van der Waals surface area contributed by atoms with E-state index in [1.807, 2.05) is 0 Å². The third-order valence-electron chi connectivity index (χ3n) is 4.20. The van der Waals surface area contributed by atoms with Crippen LogP contribution in [0.25, 0.3) is 0 Å². The maximum Gasteiger partial charge on any atom is 0.0248 e. The Kier molecular flexibility index (Phi) is 4.62. The quantitative estimate of drug-likeness (QED) is 0.785. The second-order valence-corrected chi connectivity index (χ2v) is 5.39. The molecule has 1 saturated heterocycles. The Balaban J connectivity index is 1.79. The first-order valence-electron chi connectivity index (χ1n) is 7.03. The second kappa shape index (κ2) is 5.99. The van der Waals surface area contributed by atoms with Crippen LogP contribution in [0.4, 0.5) is 0 Å². The van der Waals surface area contributed by atoms with E-state index in [1.165, 1.54) is 64.8 Å². The van der Waals surface area contributed by atoms with Crippen LogP contribution in [-0.4, -0.2) is 54.6 Å². The van der Waals surface area contributed by atoms with Crippen LogP contribution < -0.4 is 5.73 Å². The van der Waals surface area contributed by atoms with Crippen LogP contribution in [0.5, 0.6) is 0 Å². The highest BCUT2D eigenvalue weighted by atomic mass is 15.3. The van der Waals surface area contributed by atoms with Crippen molar-refractivity contribution < 1.29 is 0 Å². The molecule has 2 N–H and O–H groups in total. The lowest BCUT2D eigenvalue weighted by molar-refractivity contribution is 0.0696. The molecule has 16 heavy (non-hydrogen) atoms. The maximum atomic E-state index is 6.25. The molecule has 2 atom stereocenters. The summed E-state index contributed by atoms with van der Waals surface area (Å²) in [6.07, 6.45) is 6.57. The van der Waals surface area contributed by atoms with E-state index in [0.717, 1.165) is 0 Å². The van der Waals surface area contributed by atoms with Crippen LogP contribution in [-0.2, 0) is 0 Å². The molecule has 0 aromatic rings. The molecule has 2 unspecified atom stereocenters. The van der Waals surface area contributed by atoms with Crippen molar-refractivity contribution in [1.29, 1.82) is 0 Å². The molecule has 0 radical (unpaired) electrons. The highest BCUT2D eigenvalue weighted by Crippen LogP contribution is 2.22. The van der Waals surface area contributed by atoms with Gasteiger partial charge in [0, 0.05) is 38.3 Å². The van der Waals surface area contributed by atoms with Crippen LogP contribution in [0.1, 0.15) is 39.0 Å². The minimum absolute atomic E-state index is 0.437. The monoisotopic (exact) mass is 225 g/mol. The molecule has 1 saturated carbocycles. The van der Waals surface area contributed by atoms with E-state index in [9.17, 15) is 0 Å². The molecule has 0 aromatic heterocycles. The van der Waals surface area contributed by atoms with Crippen LogP contribution in [0.3, 0.4) is 0 Å². The highest BCUT2D eigenvalue weighted by Gasteiger charge is 2.29. The molecule has 2 aliphatic rings. The van der Waals surface area contributed by atoms with Gasteiger partial charge in [-0.2, -0.15) is 0 Å². The molecule has 0 amide bonds. The molecule has 1 aliphatic carbocycles. The number of piperazine rings is 1. The fourth-order valence-corrected chi connectivity index (χ4v) is 3.23. The molecule has 3 heteroatoms. The van der Waals surface area contributed by atoms with Gasteiger partial charge in [-0.1, -0.05) is 19.8 Å². The first-order valence-corrected chi connectivity index (χ1v) is 7.03. The predicted octanol–water partition coefficient (Wildman–Crippen LogP) is 1.28. The summed E-state index contributed by atoms with van der Waals surface area (Å²) in [5, 5.41) is 0. The van der Waals surface area contributed by atoms with E-state index in [4.69, 9.17) is 5.73 Å². The van der Waals surface area contributed by atoms with Gasteiger partial charge in [-0.05, 0) is 25.8 Å². The molecule has 94 valence electrons. The maximum absolute atomic E-state index is 6.25. The molecule has 2 rings (SSSR count). The Hall–Kier alpha value is -0.120. The molecular weight excluding hydrogens is 198 g/mol. The lowest BCUT2D eigenvalue weighted by Gasteiger charge is -2.43. The lowest BCUT2D eigenvalue weighted by atomic mass is 9.89. The van der Waals surface area contributed by atoms with Gasteiger partial charge in [0.25, 0.3) is 0 Å². The van der Waals surface area contributed by atoms with Gasteiger partial charge < -0.3 is 10.6 Å². The smallest absolute Gasteiger partial charge is 0.0248 e. The third kappa shape index (κ3) is 2.96. The summed E-state index contributed by atoms with van der Waals surface area (Å²) in [6, 6.07) is 1.11. The van der Waals surface area contributed by atoms with E-state index in [-0.39, 0.29) is 0 Å². The Morgan fingerprint density at radius 2 is 1.75 bits per heavy atom. The van der Waals surface area contributed by atoms with Gasteiger partial charge in [-0.3, -0.25) is 4.90 Å². The summed E-state index contributed by atoms with van der Waals surface area (Å²) in [5.74, 6) is 0. The van der Waals surface area contributed by atoms with Gasteiger partial charge in [0.2, 0.25) is 0 Å². The molecule has 2 fully saturated rings. The number of nitrogens with two attached hydrogens (primary N) is 1. The average molecular weight is 225 g/mol. The standard InChI is InChI=1S/C13H27N3/c1-2-7-15-8-10-16(11-9-15)13-6-4-3-5-12(13)14/h12-13H,2-11,14H2,1H3. The molecular formula is C13H27N3. The van der Waals surface area contributed by atoms with Crippen molar-refractivity contribution in [3.63, 3.8) is 0 Å². The number of rotatable bonds is 3. The largest absolute Gasteiger partial charge is 0.326 e. The third-order valence-corrected chi connectivity index (χ3v) is 4.20. The fraction of sp³-hybridized carbons (Fsp3) is 1.00. The van der Waals surface area contributed by atoms with Crippen molar-refractivity contribution in [3.05, 3.63) is 0 Å². The minimum Gasteiger partial charge on any atom is -0.326 e. The summed E-state index contributed by atoms with van der Waals surface area (Å²) < 4.78 is 0. The zero-order valence-corrected chi connectivity index (χ0v) is 10.7. The normalized spacial score (nSPS) is 34.1. The molecule has 0 bridgehead atoms. The fourth-order valence-electron chi connectivity index (χ4n) is 3.23. The van der Waals surface area contributed by atoms with Crippen LogP contribution in [0.2, 0.25) is 0 Å². The van der Waals surface area contributed by atoms with Gasteiger partial charge in [-0.25, -0.2) is 0 Å². The molecule has 3 nitrogen and oxygen atoms in total. The highest BCUT2D eigenvalue weighted by molar-refractivity contribution is 4.88. The number of nitrogens with zero attached hydrogens (tertiary/aromatic N) is 2. The zero-order chi connectivity index (χ0) is 11.4. The van der Waals surface area contributed by atoms with E-state index in [1.54, 1.807) is 0 Å². The Bertz CT molecular complexity index is 199. The van der Waals surface area contributed by atoms with Crippen LogP contribution >= 0.6 is 0 Å². The van der Waals surface area contributed by atoms with Gasteiger partial charge >= 0.3 is 0 Å². The first-order chi connectivity index (χ1) is 7.81. The Morgan fingerprint density at radius 1 is 1.06 bits per heavy atom.